The van der Waals surface area contributed by atoms with Gasteiger partial charge in [0.05, 0.1) is 35.8 Å². The molecule has 1 heterocycles. The van der Waals surface area contributed by atoms with Crippen LogP contribution >= 0.6 is 0 Å². The number of nitriles is 2. The first-order valence-electron chi connectivity index (χ1n) is 9.30. The zero-order chi connectivity index (χ0) is 21.9. The van der Waals surface area contributed by atoms with E-state index in [1.54, 1.807) is 57.3 Å². The number of allylic oxidation sites excluding steroid dienone is 1. The molecule has 0 saturated carbocycles. The third-order valence-electron chi connectivity index (χ3n) is 4.55. The van der Waals surface area contributed by atoms with Crippen molar-refractivity contribution < 1.29 is 14.3 Å². The van der Waals surface area contributed by atoms with Gasteiger partial charge in [0, 0.05) is 22.7 Å². The third-order valence-corrected chi connectivity index (χ3v) is 4.55. The quantitative estimate of drug-likeness (QED) is 0.375. The van der Waals surface area contributed by atoms with Crippen molar-refractivity contribution in [2.75, 3.05) is 7.11 Å². The van der Waals surface area contributed by atoms with Crippen LogP contribution in [-0.4, -0.2) is 18.1 Å². The molecule has 0 bridgehead atoms. The smallest absolute Gasteiger partial charge is 0.316 e. The number of aromatic nitrogens is 1. The predicted octanol–water partition coefficient (Wildman–Crippen LogP) is 5.06. The lowest BCUT2D eigenvalue weighted by Crippen LogP contribution is -2.25. The number of carbonyl (C=O) groups is 1. The van der Waals surface area contributed by atoms with Gasteiger partial charge in [-0.3, -0.25) is 4.79 Å². The van der Waals surface area contributed by atoms with Crippen LogP contribution in [0.2, 0.25) is 0 Å². The average molecular weight is 399 g/mol. The first-order valence-corrected chi connectivity index (χ1v) is 9.30. The molecule has 0 fully saturated rings. The molecule has 0 saturated heterocycles. The largest absolute Gasteiger partial charge is 0.496 e. The second-order valence-corrected chi connectivity index (χ2v) is 7.79. The maximum absolute atomic E-state index is 12.3. The van der Waals surface area contributed by atoms with E-state index >= 15 is 0 Å². The van der Waals surface area contributed by atoms with Crippen LogP contribution in [0.5, 0.6) is 11.5 Å². The van der Waals surface area contributed by atoms with E-state index in [1.165, 1.54) is 7.11 Å². The van der Waals surface area contributed by atoms with Crippen molar-refractivity contribution in [3.05, 3.63) is 59.3 Å². The fourth-order valence-corrected chi connectivity index (χ4v) is 2.85. The van der Waals surface area contributed by atoms with Gasteiger partial charge < -0.3 is 14.5 Å². The van der Waals surface area contributed by atoms with Crippen LogP contribution < -0.4 is 9.47 Å². The van der Waals surface area contributed by atoms with Crippen LogP contribution in [0.15, 0.2) is 42.6 Å². The van der Waals surface area contributed by atoms with Gasteiger partial charge >= 0.3 is 5.97 Å². The minimum Gasteiger partial charge on any atom is -0.496 e. The van der Waals surface area contributed by atoms with Gasteiger partial charge in [0.1, 0.15) is 5.75 Å². The molecule has 3 rings (SSSR count). The number of H-pyrrole nitrogens is 1. The van der Waals surface area contributed by atoms with Gasteiger partial charge in [-0.2, -0.15) is 10.5 Å². The van der Waals surface area contributed by atoms with Crippen LogP contribution in [0.3, 0.4) is 0 Å². The highest BCUT2D eigenvalue weighted by Crippen LogP contribution is 2.32. The highest BCUT2D eigenvalue weighted by atomic mass is 16.5. The Morgan fingerprint density at radius 3 is 2.50 bits per heavy atom. The maximum Gasteiger partial charge on any atom is 0.316 e. The van der Waals surface area contributed by atoms with E-state index in [-0.39, 0.29) is 5.97 Å². The van der Waals surface area contributed by atoms with Crippen LogP contribution in [0, 0.1) is 28.1 Å². The summed E-state index contributed by atoms with van der Waals surface area (Å²) in [6.07, 6.45) is 3.31. The van der Waals surface area contributed by atoms with Crippen molar-refractivity contribution in [1.82, 2.24) is 4.98 Å². The van der Waals surface area contributed by atoms with E-state index < -0.39 is 5.41 Å². The first kappa shape index (κ1) is 20.7. The number of methoxy groups -OCH3 is 1. The first-order chi connectivity index (χ1) is 14.3. The number of nitrogens with one attached hydrogen (secondary N) is 1. The van der Waals surface area contributed by atoms with Crippen molar-refractivity contribution in [3.8, 4) is 23.6 Å². The van der Waals surface area contributed by atoms with E-state index in [0.717, 1.165) is 5.52 Å². The number of esters is 1. The van der Waals surface area contributed by atoms with Gasteiger partial charge in [0.25, 0.3) is 0 Å². The molecule has 150 valence electrons. The molecule has 0 aliphatic rings. The van der Waals surface area contributed by atoms with Gasteiger partial charge in [-0.15, -0.1) is 0 Å². The second-order valence-electron chi connectivity index (χ2n) is 7.79. The molecule has 30 heavy (non-hydrogen) atoms. The van der Waals surface area contributed by atoms with E-state index in [4.69, 9.17) is 14.7 Å². The molecule has 1 aromatic heterocycles. The normalized spacial score (nSPS) is 11.6. The summed E-state index contributed by atoms with van der Waals surface area (Å²) in [5.41, 5.74) is 2.29. The molecular formula is C24H21N3O3. The SMILES string of the molecule is COc1ccc(C#N)cc1/C=C(\C#N)c1ccc2[nH]cc(OC(=O)C(C)(C)C)c2c1. The summed E-state index contributed by atoms with van der Waals surface area (Å²) < 4.78 is 10.9. The van der Waals surface area contributed by atoms with Gasteiger partial charge in [0.15, 0.2) is 5.75 Å². The minimum atomic E-state index is -0.638. The Balaban J connectivity index is 2.06. The van der Waals surface area contributed by atoms with Gasteiger partial charge in [-0.05, 0) is 62.7 Å². The van der Waals surface area contributed by atoms with Crippen molar-refractivity contribution in [2.45, 2.75) is 20.8 Å². The number of nitrogens with zero attached hydrogens (tertiary/aromatic N) is 2. The topological polar surface area (TPSA) is 98.9 Å². The highest BCUT2D eigenvalue weighted by Gasteiger charge is 2.24. The molecule has 0 atom stereocenters. The van der Waals surface area contributed by atoms with Crippen molar-refractivity contribution in [2.24, 2.45) is 5.41 Å². The fraction of sp³-hybridized carbons (Fsp3) is 0.208. The third kappa shape index (κ3) is 4.19. The van der Waals surface area contributed by atoms with Gasteiger partial charge in [-0.25, -0.2) is 0 Å². The molecule has 6 nitrogen and oxygen atoms in total. The van der Waals surface area contributed by atoms with Gasteiger partial charge in [-0.1, -0.05) is 6.07 Å². The van der Waals surface area contributed by atoms with E-state index in [1.807, 2.05) is 12.1 Å². The molecule has 0 aliphatic carbocycles. The lowest BCUT2D eigenvalue weighted by Gasteiger charge is -2.15. The molecular weight excluding hydrogens is 378 g/mol. The highest BCUT2D eigenvalue weighted by molar-refractivity contribution is 5.97. The van der Waals surface area contributed by atoms with E-state index in [0.29, 0.717) is 39.1 Å². The summed E-state index contributed by atoms with van der Waals surface area (Å²) in [6, 6.07) is 14.7. The Hall–Kier alpha value is -4.03. The summed E-state index contributed by atoms with van der Waals surface area (Å²) in [5.74, 6) is 0.625. The summed E-state index contributed by atoms with van der Waals surface area (Å²) in [4.78, 5) is 15.4. The zero-order valence-electron chi connectivity index (χ0n) is 17.2. The lowest BCUT2D eigenvalue weighted by molar-refractivity contribution is -0.142. The average Bonchev–Trinajstić information content (AvgIpc) is 3.13. The van der Waals surface area contributed by atoms with Crippen LogP contribution in [0.4, 0.5) is 0 Å². The summed E-state index contributed by atoms with van der Waals surface area (Å²) in [6.45, 7) is 5.36. The Bertz CT molecular complexity index is 1230. The number of ether oxygens (including phenoxy) is 2. The standard InChI is InChI=1S/C24H21N3O3/c1-24(2,3)23(28)30-22-14-27-20-7-6-16(11-19(20)22)18(13-26)10-17-9-15(12-25)5-8-21(17)29-4/h5-11,14,27H,1-4H3/b18-10+. The number of hydrogen-bond donors (Lipinski definition) is 1. The molecule has 0 amide bonds. The Kier molecular flexibility index (Phi) is 5.62. The van der Waals surface area contributed by atoms with Crippen molar-refractivity contribution >= 4 is 28.5 Å². The minimum absolute atomic E-state index is 0.345. The molecule has 0 spiro atoms. The molecule has 1 N–H and O–H groups in total. The zero-order valence-corrected chi connectivity index (χ0v) is 17.2. The van der Waals surface area contributed by atoms with E-state index in [9.17, 15) is 10.1 Å². The van der Waals surface area contributed by atoms with Crippen LogP contribution in [0.1, 0.15) is 37.5 Å². The molecule has 3 aromatic rings. The number of rotatable bonds is 4. The van der Waals surface area contributed by atoms with Crippen LogP contribution in [0.25, 0.3) is 22.6 Å². The summed E-state index contributed by atoms with van der Waals surface area (Å²) >= 11 is 0. The number of aromatic amines is 1. The second kappa shape index (κ2) is 8.14. The Labute approximate surface area is 175 Å². The monoisotopic (exact) mass is 399 g/mol. The molecule has 6 heteroatoms. The lowest BCUT2D eigenvalue weighted by atomic mass is 9.97. The Morgan fingerprint density at radius 1 is 1.10 bits per heavy atom. The Morgan fingerprint density at radius 2 is 1.87 bits per heavy atom. The number of hydrogen-bond acceptors (Lipinski definition) is 5. The molecule has 2 aromatic carbocycles. The van der Waals surface area contributed by atoms with Crippen LogP contribution in [-0.2, 0) is 4.79 Å². The van der Waals surface area contributed by atoms with E-state index in [2.05, 4.69) is 17.1 Å². The van der Waals surface area contributed by atoms with Crippen molar-refractivity contribution in [3.63, 3.8) is 0 Å². The number of fused-ring (bicyclic) bond motifs is 1. The maximum atomic E-state index is 12.3. The van der Waals surface area contributed by atoms with Gasteiger partial charge in [0.2, 0.25) is 0 Å². The van der Waals surface area contributed by atoms with Crippen molar-refractivity contribution in [1.29, 1.82) is 10.5 Å². The molecule has 0 aliphatic heterocycles. The fourth-order valence-electron chi connectivity index (χ4n) is 2.85. The molecule has 0 unspecified atom stereocenters. The number of carbonyl (C=O) groups excluding carboxylic acids is 1. The molecule has 0 radical (unpaired) electrons. The number of benzene rings is 2. The summed E-state index contributed by atoms with van der Waals surface area (Å²) in [7, 11) is 1.53. The predicted molar refractivity (Wildman–Crippen MR) is 115 cm³/mol. The summed E-state index contributed by atoms with van der Waals surface area (Å²) in [5, 5.41) is 19.6.